The third-order valence-electron chi connectivity index (χ3n) is 4.24. The van der Waals surface area contributed by atoms with Crippen molar-refractivity contribution in [2.45, 2.75) is 58.0 Å². The zero-order valence-electron chi connectivity index (χ0n) is 12.8. The van der Waals surface area contributed by atoms with E-state index in [2.05, 4.69) is 26.1 Å². The molecule has 5 nitrogen and oxygen atoms in total. The molecule has 0 radical (unpaired) electrons. The molecular formula is C15H26N2O3. The molecule has 0 aliphatic carbocycles. The zero-order chi connectivity index (χ0) is 14.8. The van der Waals surface area contributed by atoms with E-state index >= 15 is 0 Å². The maximum atomic E-state index is 12.8. The Morgan fingerprint density at radius 3 is 2.80 bits per heavy atom. The molecule has 2 aliphatic heterocycles. The number of hydrogen-bond acceptors (Lipinski definition) is 3. The minimum absolute atomic E-state index is 0.0215. The Balaban J connectivity index is 2.18. The number of carbonyl (C=O) groups is 2. The zero-order valence-corrected chi connectivity index (χ0v) is 12.8. The van der Waals surface area contributed by atoms with Gasteiger partial charge in [0.2, 0.25) is 11.8 Å². The Morgan fingerprint density at radius 2 is 2.20 bits per heavy atom. The van der Waals surface area contributed by atoms with Gasteiger partial charge in [-0.15, -0.1) is 0 Å². The summed E-state index contributed by atoms with van der Waals surface area (Å²) in [5.74, 6) is 0.406. The van der Waals surface area contributed by atoms with Crippen LogP contribution in [0.1, 0.15) is 46.5 Å². The minimum atomic E-state index is -0.385. The van der Waals surface area contributed by atoms with Crippen molar-refractivity contribution < 1.29 is 14.3 Å². The number of nitrogens with zero attached hydrogens (tertiary/aromatic N) is 1. The lowest BCUT2D eigenvalue weighted by Gasteiger charge is -2.44. The van der Waals surface area contributed by atoms with Crippen molar-refractivity contribution in [1.82, 2.24) is 10.2 Å². The maximum Gasteiger partial charge on any atom is 0.245 e. The fourth-order valence-corrected chi connectivity index (χ4v) is 3.14. The second-order valence-electron chi connectivity index (χ2n) is 6.64. The summed E-state index contributed by atoms with van der Waals surface area (Å²) in [5, 5.41) is 2.88. The molecule has 0 saturated carbocycles. The van der Waals surface area contributed by atoms with Gasteiger partial charge in [-0.25, -0.2) is 0 Å². The Bertz CT molecular complexity index is 375. The number of amides is 2. The summed E-state index contributed by atoms with van der Waals surface area (Å²) in [5.41, 5.74) is -0.267. The van der Waals surface area contributed by atoms with Gasteiger partial charge in [0.05, 0.1) is 12.1 Å². The monoisotopic (exact) mass is 282 g/mol. The molecule has 20 heavy (non-hydrogen) atoms. The summed E-state index contributed by atoms with van der Waals surface area (Å²) in [6.07, 6.45) is 2.99. The van der Waals surface area contributed by atoms with E-state index in [0.717, 1.165) is 19.4 Å². The molecule has 0 aromatic rings. The van der Waals surface area contributed by atoms with Crippen molar-refractivity contribution in [3.8, 4) is 0 Å². The predicted molar refractivity (Wildman–Crippen MR) is 76.2 cm³/mol. The van der Waals surface area contributed by atoms with Crippen molar-refractivity contribution in [1.29, 1.82) is 0 Å². The average Bonchev–Trinajstić information content (AvgIpc) is 2.50. The molecule has 1 N–H and O–H groups in total. The van der Waals surface area contributed by atoms with Crippen LogP contribution in [0.2, 0.25) is 0 Å². The molecule has 2 saturated heterocycles. The number of ether oxygens (including phenoxy) is 1. The molecule has 0 aromatic carbocycles. The first-order valence-electron chi connectivity index (χ1n) is 7.61. The van der Waals surface area contributed by atoms with E-state index in [4.69, 9.17) is 4.74 Å². The van der Waals surface area contributed by atoms with Crippen LogP contribution in [-0.4, -0.2) is 48.1 Å². The van der Waals surface area contributed by atoms with E-state index in [1.807, 2.05) is 4.90 Å². The Kier molecular flexibility index (Phi) is 4.68. The standard InChI is InChI=1S/C15H26N2O3/c1-11(2)9-12-14(19)17(7-5-13(18)16-12)15(3)6-4-8-20-10-15/h11-12H,4-10H2,1-3H3,(H,16,18). The van der Waals surface area contributed by atoms with Gasteiger partial charge in [0, 0.05) is 19.6 Å². The van der Waals surface area contributed by atoms with Gasteiger partial charge in [0.25, 0.3) is 0 Å². The van der Waals surface area contributed by atoms with Crippen LogP contribution >= 0.6 is 0 Å². The summed E-state index contributed by atoms with van der Waals surface area (Å²) in [7, 11) is 0. The Labute approximate surface area is 121 Å². The minimum Gasteiger partial charge on any atom is -0.379 e. The third kappa shape index (κ3) is 3.32. The molecule has 2 unspecified atom stereocenters. The van der Waals surface area contributed by atoms with Crippen molar-refractivity contribution in [2.75, 3.05) is 19.8 Å². The smallest absolute Gasteiger partial charge is 0.245 e. The van der Waals surface area contributed by atoms with Crippen LogP contribution in [0, 0.1) is 5.92 Å². The van der Waals surface area contributed by atoms with Crippen LogP contribution in [0.5, 0.6) is 0 Å². The van der Waals surface area contributed by atoms with Gasteiger partial charge < -0.3 is 15.0 Å². The van der Waals surface area contributed by atoms with Gasteiger partial charge in [-0.05, 0) is 32.1 Å². The second kappa shape index (κ2) is 6.12. The molecule has 114 valence electrons. The van der Waals surface area contributed by atoms with Crippen molar-refractivity contribution >= 4 is 11.8 Å². The van der Waals surface area contributed by atoms with Gasteiger partial charge in [0.1, 0.15) is 6.04 Å². The molecule has 2 fully saturated rings. The first kappa shape index (κ1) is 15.3. The van der Waals surface area contributed by atoms with Crippen LogP contribution in [0.3, 0.4) is 0 Å². The van der Waals surface area contributed by atoms with Gasteiger partial charge in [-0.1, -0.05) is 13.8 Å². The van der Waals surface area contributed by atoms with E-state index < -0.39 is 0 Å². The molecule has 2 rings (SSSR count). The van der Waals surface area contributed by atoms with Crippen molar-refractivity contribution in [3.63, 3.8) is 0 Å². The van der Waals surface area contributed by atoms with E-state index in [9.17, 15) is 9.59 Å². The third-order valence-corrected chi connectivity index (χ3v) is 4.24. The number of rotatable bonds is 3. The van der Waals surface area contributed by atoms with Crippen LogP contribution in [-0.2, 0) is 14.3 Å². The molecule has 0 bridgehead atoms. The quantitative estimate of drug-likeness (QED) is 0.849. The fraction of sp³-hybridized carbons (Fsp3) is 0.867. The Hall–Kier alpha value is -1.10. The molecule has 2 aliphatic rings. The highest BCUT2D eigenvalue weighted by Gasteiger charge is 2.41. The number of hydrogen-bond donors (Lipinski definition) is 1. The largest absolute Gasteiger partial charge is 0.379 e. The van der Waals surface area contributed by atoms with Crippen molar-refractivity contribution in [3.05, 3.63) is 0 Å². The maximum absolute atomic E-state index is 12.8. The summed E-state index contributed by atoms with van der Waals surface area (Å²) in [6, 6.07) is -0.385. The van der Waals surface area contributed by atoms with E-state index in [1.165, 1.54) is 0 Å². The van der Waals surface area contributed by atoms with E-state index in [1.54, 1.807) is 0 Å². The van der Waals surface area contributed by atoms with Gasteiger partial charge >= 0.3 is 0 Å². The normalized spacial score (nSPS) is 32.2. The molecule has 0 spiro atoms. The summed E-state index contributed by atoms with van der Waals surface area (Å²) >= 11 is 0. The summed E-state index contributed by atoms with van der Waals surface area (Å²) in [6.45, 7) is 8.05. The van der Waals surface area contributed by atoms with Crippen LogP contribution < -0.4 is 5.32 Å². The Morgan fingerprint density at radius 1 is 1.45 bits per heavy atom. The SMILES string of the molecule is CC(C)CC1NC(=O)CCN(C2(C)CCCOC2)C1=O. The first-order chi connectivity index (χ1) is 9.42. The molecule has 5 heteroatoms. The molecule has 2 atom stereocenters. The highest BCUT2D eigenvalue weighted by atomic mass is 16.5. The predicted octanol–water partition coefficient (Wildman–Crippen LogP) is 1.32. The highest BCUT2D eigenvalue weighted by Crippen LogP contribution is 2.28. The van der Waals surface area contributed by atoms with E-state index in [0.29, 0.717) is 31.9 Å². The molecule has 2 amide bonds. The van der Waals surface area contributed by atoms with E-state index in [-0.39, 0.29) is 23.4 Å². The van der Waals surface area contributed by atoms with Gasteiger partial charge in [-0.2, -0.15) is 0 Å². The van der Waals surface area contributed by atoms with Crippen molar-refractivity contribution in [2.24, 2.45) is 5.92 Å². The average molecular weight is 282 g/mol. The molecule has 0 aromatic heterocycles. The molecule has 2 heterocycles. The van der Waals surface area contributed by atoms with Crippen LogP contribution in [0.15, 0.2) is 0 Å². The topological polar surface area (TPSA) is 58.6 Å². The summed E-state index contributed by atoms with van der Waals surface area (Å²) in [4.78, 5) is 26.5. The number of nitrogens with one attached hydrogen (secondary N) is 1. The molecular weight excluding hydrogens is 256 g/mol. The summed E-state index contributed by atoms with van der Waals surface area (Å²) < 4.78 is 5.57. The first-order valence-corrected chi connectivity index (χ1v) is 7.61. The lowest BCUT2D eigenvalue weighted by molar-refractivity contribution is -0.144. The van der Waals surface area contributed by atoms with Gasteiger partial charge in [-0.3, -0.25) is 9.59 Å². The second-order valence-corrected chi connectivity index (χ2v) is 6.64. The number of carbonyl (C=O) groups excluding carboxylic acids is 2. The lowest BCUT2D eigenvalue weighted by Crippen LogP contribution is -2.58. The fourth-order valence-electron chi connectivity index (χ4n) is 3.14. The lowest BCUT2D eigenvalue weighted by atomic mass is 9.91. The van der Waals surface area contributed by atoms with Crippen LogP contribution in [0.4, 0.5) is 0 Å². The van der Waals surface area contributed by atoms with Gasteiger partial charge in [0.15, 0.2) is 0 Å². The highest BCUT2D eigenvalue weighted by molar-refractivity contribution is 5.90. The van der Waals surface area contributed by atoms with Crippen LogP contribution in [0.25, 0.3) is 0 Å².